The van der Waals surface area contributed by atoms with Crippen LogP contribution in [0.15, 0.2) is 23.6 Å². The number of hydrogen-bond donors (Lipinski definition) is 1. The number of likely N-dealkylation sites (tertiary alicyclic amines) is 1. The predicted octanol–water partition coefficient (Wildman–Crippen LogP) is 2.50. The van der Waals surface area contributed by atoms with Gasteiger partial charge in [-0.25, -0.2) is 4.98 Å². The van der Waals surface area contributed by atoms with Crippen molar-refractivity contribution < 1.29 is 19.1 Å². The summed E-state index contributed by atoms with van der Waals surface area (Å²) in [6, 6.07) is 5.72. The number of carbonyl (C=O) groups is 2. The van der Waals surface area contributed by atoms with Crippen LogP contribution < -0.4 is 14.8 Å². The number of methoxy groups -OCH3 is 2. The van der Waals surface area contributed by atoms with Crippen molar-refractivity contribution in [3.63, 3.8) is 0 Å². The van der Waals surface area contributed by atoms with Gasteiger partial charge in [0.1, 0.15) is 0 Å². The third-order valence-electron chi connectivity index (χ3n) is 4.55. The molecule has 1 aromatic carbocycles. The number of aryl methyl sites for hydroxylation is 1. The second-order valence-electron chi connectivity index (χ2n) is 6.46. The monoisotopic (exact) mass is 389 g/mol. The minimum absolute atomic E-state index is 0.00551. The normalized spacial score (nSPS) is 16.5. The van der Waals surface area contributed by atoms with E-state index in [0.717, 1.165) is 11.3 Å². The number of nitrogens with one attached hydrogen (secondary N) is 1. The number of hydrogen-bond acceptors (Lipinski definition) is 6. The van der Waals surface area contributed by atoms with E-state index in [9.17, 15) is 9.59 Å². The highest BCUT2D eigenvalue weighted by atomic mass is 32.1. The third kappa shape index (κ3) is 4.57. The number of carbonyl (C=O) groups excluding carboxylic acids is 2. The van der Waals surface area contributed by atoms with Gasteiger partial charge in [-0.3, -0.25) is 9.59 Å². The van der Waals surface area contributed by atoms with Crippen LogP contribution in [-0.2, 0) is 16.0 Å². The number of rotatable bonds is 7. The molecule has 1 saturated heterocycles. The maximum atomic E-state index is 12.4. The van der Waals surface area contributed by atoms with E-state index in [1.165, 1.54) is 11.3 Å². The minimum atomic E-state index is -0.341. The molecule has 1 unspecified atom stereocenters. The van der Waals surface area contributed by atoms with Crippen LogP contribution in [0.1, 0.15) is 17.7 Å². The largest absolute Gasteiger partial charge is 0.493 e. The summed E-state index contributed by atoms with van der Waals surface area (Å²) in [4.78, 5) is 30.6. The van der Waals surface area contributed by atoms with Crippen molar-refractivity contribution in [2.75, 3.05) is 32.6 Å². The van der Waals surface area contributed by atoms with Gasteiger partial charge in [0.25, 0.3) is 0 Å². The molecule has 1 aliphatic heterocycles. The van der Waals surface area contributed by atoms with Crippen LogP contribution in [0.2, 0.25) is 0 Å². The van der Waals surface area contributed by atoms with E-state index in [4.69, 9.17) is 9.47 Å². The molecule has 7 nitrogen and oxygen atoms in total. The first-order valence-corrected chi connectivity index (χ1v) is 9.59. The van der Waals surface area contributed by atoms with Crippen LogP contribution in [0.25, 0.3) is 0 Å². The highest BCUT2D eigenvalue weighted by Gasteiger charge is 2.34. The molecule has 2 heterocycles. The Labute approximate surface area is 162 Å². The number of nitrogens with zero attached hydrogens (tertiary/aromatic N) is 2. The molecule has 8 heteroatoms. The molecule has 0 spiro atoms. The van der Waals surface area contributed by atoms with Gasteiger partial charge in [0, 0.05) is 24.9 Å². The van der Waals surface area contributed by atoms with Crippen molar-refractivity contribution in [2.45, 2.75) is 19.8 Å². The Morgan fingerprint density at radius 3 is 2.78 bits per heavy atom. The number of benzene rings is 1. The van der Waals surface area contributed by atoms with Crippen molar-refractivity contribution in [3.05, 3.63) is 34.8 Å². The molecule has 1 N–H and O–H groups in total. The summed E-state index contributed by atoms with van der Waals surface area (Å²) in [7, 11) is 3.19. The maximum absolute atomic E-state index is 12.4. The summed E-state index contributed by atoms with van der Waals surface area (Å²) in [5.41, 5.74) is 1.92. The molecule has 3 rings (SSSR count). The molecule has 0 saturated carbocycles. The Kier molecular flexibility index (Phi) is 5.95. The first-order valence-electron chi connectivity index (χ1n) is 8.72. The lowest BCUT2D eigenvalue weighted by Crippen LogP contribution is -2.30. The second kappa shape index (κ2) is 8.39. The van der Waals surface area contributed by atoms with E-state index >= 15 is 0 Å². The van der Waals surface area contributed by atoms with Gasteiger partial charge in [0.05, 0.1) is 25.8 Å². The van der Waals surface area contributed by atoms with E-state index in [2.05, 4.69) is 10.3 Å². The zero-order valence-electron chi connectivity index (χ0n) is 15.7. The lowest BCUT2D eigenvalue weighted by molar-refractivity contribution is -0.128. The third-order valence-corrected chi connectivity index (χ3v) is 5.43. The first kappa shape index (κ1) is 19.2. The van der Waals surface area contributed by atoms with E-state index < -0.39 is 0 Å². The molecule has 27 heavy (non-hydrogen) atoms. The maximum Gasteiger partial charge on any atom is 0.231 e. The zero-order chi connectivity index (χ0) is 19.4. The van der Waals surface area contributed by atoms with Crippen LogP contribution in [0.3, 0.4) is 0 Å². The van der Waals surface area contributed by atoms with Crippen molar-refractivity contribution in [1.29, 1.82) is 0 Å². The van der Waals surface area contributed by atoms with Crippen molar-refractivity contribution >= 4 is 28.3 Å². The Hall–Kier alpha value is -2.61. The molecule has 1 aromatic heterocycles. The lowest BCUT2D eigenvalue weighted by Gasteiger charge is -2.17. The average Bonchev–Trinajstić information content (AvgIpc) is 3.24. The summed E-state index contributed by atoms with van der Waals surface area (Å²) in [5, 5.41) is 5.26. The van der Waals surface area contributed by atoms with E-state index in [1.54, 1.807) is 19.1 Å². The zero-order valence-corrected chi connectivity index (χ0v) is 16.5. The van der Waals surface area contributed by atoms with Gasteiger partial charge in [-0.15, -0.1) is 11.3 Å². The van der Waals surface area contributed by atoms with E-state index in [1.807, 2.05) is 30.5 Å². The lowest BCUT2D eigenvalue weighted by atomic mass is 10.1. The molecule has 1 fully saturated rings. The molecule has 1 atom stereocenters. The summed E-state index contributed by atoms with van der Waals surface area (Å²) < 4.78 is 10.6. The fourth-order valence-electron chi connectivity index (χ4n) is 3.08. The number of thiazole rings is 1. The Morgan fingerprint density at radius 2 is 2.11 bits per heavy atom. The van der Waals surface area contributed by atoms with Gasteiger partial charge in [-0.05, 0) is 31.0 Å². The van der Waals surface area contributed by atoms with Crippen LogP contribution >= 0.6 is 11.3 Å². The fraction of sp³-hybridized carbons (Fsp3) is 0.421. The Balaban J connectivity index is 1.55. The highest BCUT2D eigenvalue weighted by molar-refractivity contribution is 7.13. The Morgan fingerprint density at radius 1 is 1.33 bits per heavy atom. The molecular formula is C19H23N3O4S. The van der Waals surface area contributed by atoms with Gasteiger partial charge >= 0.3 is 0 Å². The molecule has 2 aromatic rings. The molecule has 2 amide bonds. The number of aromatic nitrogens is 1. The van der Waals surface area contributed by atoms with Gasteiger partial charge in [-0.1, -0.05) is 6.07 Å². The average molecular weight is 389 g/mol. The second-order valence-corrected chi connectivity index (χ2v) is 7.32. The topological polar surface area (TPSA) is 80.8 Å². The fourth-order valence-corrected chi connectivity index (χ4v) is 3.77. The van der Waals surface area contributed by atoms with Crippen molar-refractivity contribution in [3.8, 4) is 11.5 Å². The van der Waals surface area contributed by atoms with Gasteiger partial charge in [0.15, 0.2) is 16.6 Å². The summed E-state index contributed by atoms with van der Waals surface area (Å²) in [6.07, 6.45) is 0.925. The van der Waals surface area contributed by atoms with Crippen LogP contribution in [0.4, 0.5) is 5.13 Å². The number of amides is 2. The van der Waals surface area contributed by atoms with Crippen molar-refractivity contribution in [1.82, 2.24) is 9.88 Å². The predicted molar refractivity (Wildman–Crippen MR) is 103 cm³/mol. The molecule has 0 radical (unpaired) electrons. The first-order chi connectivity index (χ1) is 13.0. The molecule has 144 valence electrons. The van der Waals surface area contributed by atoms with Gasteiger partial charge in [-0.2, -0.15) is 0 Å². The highest BCUT2D eigenvalue weighted by Crippen LogP contribution is 2.28. The molecule has 0 aliphatic carbocycles. The quantitative estimate of drug-likeness (QED) is 0.787. The summed E-state index contributed by atoms with van der Waals surface area (Å²) in [6.45, 7) is 2.87. The van der Waals surface area contributed by atoms with Crippen molar-refractivity contribution in [2.24, 2.45) is 5.92 Å². The standard InChI is InChI=1S/C19H23N3O4S/c1-12-11-27-19(20-12)21-18(24)14-9-17(23)22(10-14)7-6-13-4-5-15(25-2)16(8-13)26-3/h4-5,8,11,14H,6-7,9-10H2,1-3H3,(H,20,21,24). The number of anilines is 1. The van der Waals surface area contributed by atoms with E-state index in [-0.39, 0.29) is 24.2 Å². The summed E-state index contributed by atoms with van der Waals surface area (Å²) >= 11 is 1.39. The summed E-state index contributed by atoms with van der Waals surface area (Å²) in [5.74, 6) is 0.857. The van der Waals surface area contributed by atoms with Crippen LogP contribution in [0, 0.1) is 12.8 Å². The minimum Gasteiger partial charge on any atom is -0.493 e. The molecular weight excluding hydrogens is 366 g/mol. The van der Waals surface area contributed by atoms with Gasteiger partial charge in [0.2, 0.25) is 11.8 Å². The number of ether oxygens (including phenoxy) is 2. The SMILES string of the molecule is COc1ccc(CCN2CC(C(=O)Nc3nc(C)cs3)CC2=O)cc1OC. The molecule has 1 aliphatic rings. The van der Waals surface area contributed by atoms with Gasteiger partial charge < -0.3 is 19.7 Å². The van der Waals surface area contributed by atoms with Crippen LogP contribution in [-0.4, -0.2) is 49.0 Å². The molecule has 0 bridgehead atoms. The smallest absolute Gasteiger partial charge is 0.231 e. The van der Waals surface area contributed by atoms with Crippen LogP contribution in [0.5, 0.6) is 11.5 Å². The van der Waals surface area contributed by atoms with E-state index in [0.29, 0.717) is 36.1 Å². The Bertz CT molecular complexity index is 836.